The maximum Gasteiger partial charge on any atom is 0.224 e. The molecule has 0 aromatic heterocycles. The molecule has 0 aliphatic carbocycles. The van der Waals surface area contributed by atoms with E-state index in [2.05, 4.69) is 5.32 Å². The second-order valence-corrected chi connectivity index (χ2v) is 6.12. The lowest BCUT2D eigenvalue weighted by Crippen LogP contribution is -2.37. The van der Waals surface area contributed by atoms with Gasteiger partial charge in [0.25, 0.3) is 0 Å². The summed E-state index contributed by atoms with van der Waals surface area (Å²) in [6, 6.07) is 13.4. The predicted molar refractivity (Wildman–Crippen MR) is 95.7 cm³/mol. The van der Waals surface area contributed by atoms with Crippen molar-refractivity contribution >= 4 is 23.4 Å². The Kier molecular flexibility index (Phi) is 6.95. The zero-order valence-electron chi connectivity index (χ0n) is 14.0. The lowest BCUT2D eigenvalue weighted by atomic mass is 10.1. The van der Waals surface area contributed by atoms with Crippen LogP contribution >= 0.6 is 11.6 Å². The van der Waals surface area contributed by atoms with Crippen molar-refractivity contribution in [3.05, 3.63) is 70.5 Å². The van der Waals surface area contributed by atoms with E-state index in [-0.39, 0.29) is 30.6 Å². The first-order chi connectivity index (χ1) is 12.0. The molecule has 2 aromatic carbocycles. The molecule has 0 aliphatic rings. The zero-order chi connectivity index (χ0) is 18.2. The Hall–Kier alpha value is -2.40. The third-order valence-electron chi connectivity index (χ3n) is 3.75. The van der Waals surface area contributed by atoms with Crippen molar-refractivity contribution in [3.8, 4) is 0 Å². The maximum atomic E-state index is 13.7. The smallest absolute Gasteiger partial charge is 0.224 e. The first kappa shape index (κ1) is 18.9. The number of rotatable bonds is 7. The van der Waals surface area contributed by atoms with Crippen LogP contribution in [0.4, 0.5) is 4.39 Å². The van der Waals surface area contributed by atoms with Gasteiger partial charge in [-0.2, -0.15) is 0 Å². The average Bonchev–Trinajstić information content (AvgIpc) is 2.57. The summed E-state index contributed by atoms with van der Waals surface area (Å²) in [4.78, 5) is 25.2. The van der Waals surface area contributed by atoms with E-state index in [4.69, 9.17) is 11.6 Å². The Morgan fingerprint density at radius 1 is 1.12 bits per heavy atom. The van der Waals surface area contributed by atoms with Crippen LogP contribution in [0.5, 0.6) is 0 Å². The summed E-state index contributed by atoms with van der Waals surface area (Å²) in [6.07, 6.45) is 0.241. The highest BCUT2D eigenvalue weighted by molar-refractivity contribution is 6.30. The molecule has 6 heteroatoms. The molecule has 25 heavy (non-hydrogen) atoms. The monoisotopic (exact) mass is 362 g/mol. The van der Waals surface area contributed by atoms with Gasteiger partial charge < -0.3 is 10.2 Å². The van der Waals surface area contributed by atoms with E-state index in [1.165, 1.54) is 17.9 Å². The van der Waals surface area contributed by atoms with Gasteiger partial charge in [0.15, 0.2) is 0 Å². The standard InChI is InChI=1S/C19H20ClFN2O2/c1-14(24)23(13-16-4-2-3-5-18(16)21)11-10-22-19(25)12-15-6-8-17(20)9-7-15/h2-9H,10-13H2,1H3,(H,22,25). The van der Waals surface area contributed by atoms with Crippen LogP contribution in [0.1, 0.15) is 18.1 Å². The second kappa shape index (κ2) is 9.18. The minimum Gasteiger partial charge on any atom is -0.354 e. The normalized spacial score (nSPS) is 10.4. The van der Waals surface area contributed by atoms with Crippen molar-refractivity contribution in [1.82, 2.24) is 10.2 Å². The molecule has 2 rings (SSSR count). The quantitative estimate of drug-likeness (QED) is 0.822. The van der Waals surface area contributed by atoms with Crippen molar-refractivity contribution in [2.45, 2.75) is 19.9 Å². The Morgan fingerprint density at radius 2 is 1.80 bits per heavy atom. The third-order valence-corrected chi connectivity index (χ3v) is 4.00. The van der Waals surface area contributed by atoms with Crippen LogP contribution in [0.25, 0.3) is 0 Å². The van der Waals surface area contributed by atoms with Gasteiger partial charge in [-0.05, 0) is 23.8 Å². The molecule has 0 fully saturated rings. The number of hydrogen-bond donors (Lipinski definition) is 1. The molecule has 132 valence electrons. The fraction of sp³-hybridized carbons (Fsp3) is 0.263. The molecule has 2 amide bonds. The first-order valence-corrected chi connectivity index (χ1v) is 8.33. The van der Waals surface area contributed by atoms with Crippen molar-refractivity contribution < 1.29 is 14.0 Å². The summed E-state index contributed by atoms with van der Waals surface area (Å²) in [5, 5.41) is 3.39. The van der Waals surface area contributed by atoms with Gasteiger partial charge in [0, 0.05) is 37.1 Å². The molecule has 4 nitrogen and oxygen atoms in total. The van der Waals surface area contributed by atoms with Crippen molar-refractivity contribution in [1.29, 1.82) is 0 Å². The fourth-order valence-electron chi connectivity index (χ4n) is 2.36. The molecule has 2 aromatic rings. The van der Waals surface area contributed by atoms with E-state index in [0.29, 0.717) is 23.7 Å². The Morgan fingerprint density at radius 3 is 2.44 bits per heavy atom. The number of carbonyl (C=O) groups excluding carboxylic acids is 2. The van der Waals surface area contributed by atoms with E-state index >= 15 is 0 Å². The van der Waals surface area contributed by atoms with E-state index in [1.807, 2.05) is 0 Å². The third kappa shape index (κ3) is 6.19. The van der Waals surface area contributed by atoms with E-state index in [0.717, 1.165) is 5.56 Å². The summed E-state index contributed by atoms with van der Waals surface area (Å²) >= 11 is 5.81. The van der Waals surface area contributed by atoms with Gasteiger partial charge in [-0.15, -0.1) is 0 Å². The molecule has 0 aliphatic heterocycles. The molecular weight excluding hydrogens is 343 g/mol. The molecular formula is C19H20ClFN2O2. The topological polar surface area (TPSA) is 49.4 Å². The van der Waals surface area contributed by atoms with Crippen LogP contribution in [0.15, 0.2) is 48.5 Å². The predicted octanol–water partition coefficient (Wildman–Crippen LogP) is 3.19. The van der Waals surface area contributed by atoms with E-state index in [1.54, 1.807) is 42.5 Å². The van der Waals surface area contributed by atoms with Gasteiger partial charge in [-0.1, -0.05) is 41.9 Å². The van der Waals surface area contributed by atoms with Crippen molar-refractivity contribution in [2.75, 3.05) is 13.1 Å². The first-order valence-electron chi connectivity index (χ1n) is 7.96. The molecule has 0 saturated carbocycles. The number of hydrogen-bond acceptors (Lipinski definition) is 2. The van der Waals surface area contributed by atoms with Crippen LogP contribution < -0.4 is 5.32 Å². The van der Waals surface area contributed by atoms with Gasteiger partial charge in [0.2, 0.25) is 11.8 Å². The Labute approximate surface area is 151 Å². The largest absolute Gasteiger partial charge is 0.354 e. The maximum absolute atomic E-state index is 13.7. The van der Waals surface area contributed by atoms with Crippen LogP contribution in [0.3, 0.4) is 0 Å². The lowest BCUT2D eigenvalue weighted by molar-refractivity contribution is -0.130. The molecule has 0 saturated heterocycles. The zero-order valence-corrected chi connectivity index (χ0v) is 14.7. The Bertz CT molecular complexity index is 734. The van der Waals surface area contributed by atoms with Gasteiger partial charge in [0.1, 0.15) is 5.82 Å². The minimum atomic E-state index is -0.347. The molecule has 0 radical (unpaired) electrons. The van der Waals surface area contributed by atoms with E-state index < -0.39 is 0 Å². The number of halogens is 2. The van der Waals surface area contributed by atoms with Gasteiger partial charge >= 0.3 is 0 Å². The van der Waals surface area contributed by atoms with Crippen LogP contribution in [0, 0.1) is 5.82 Å². The minimum absolute atomic E-state index is 0.142. The highest BCUT2D eigenvalue weighted by Gasteiger charge is 2.12. The van der Waals surface area contributed by atoms with Crippen LogP contribution in [-0.4, -0.2) is 29.8 Å². The number of carbonyl (C=O) groups is 2. The van der Waals surface area contributed by atoms with Crippen LogP contribution in [0.2, 0.25) is 5.02 Å². The summed E-state index contributed by atoms with van der Waals surface area (Å²) < 4.78 is 13.7. The Balaban J connectivity index is 1.82. The van der Waals surface area contributed by atoms with Gasteiger partial charge in [-0.25, -0.2) is 4.39 Å². The van der Waals surface area contributed by atoms with Crippen molar-refractivity contribution in [3.63, 3.8) is 0 Å². The molecule has 1 N–H and O–H groups in total. The van der Waals surface area contributed by atoms with Gasteiger partial charge in [0.05, 0.1) is 6.42 Å². The summed E-state index contributed by atoms with van der Waals surface area (Å²) in [5.41, 5.74) is 1.31. The fourth-order valence-corrected chi connectivity index (χ4v) is 2.49. The van der Waals surface area contributed by atoms with E-state index in [9.17, 15) is 14.0 Å². The number of benzene rings is 2. The highest BCUT2D eigenvalue weighted by Crippen LogP contribution is 2.11. The molecule has 0 spiro atoms. The average molecular weight is 363 g/mol. The molecule has 0 heterocycles. The summed E-state index contributed by atoms with van der Waals surface area (Å²) in [7, 11) is 0. The SMILES string of the molecule is CC(=O)N(CCNC(=O)Cc1ccc(Cl)cc1)Cc1ccccc1F. The van der Waals surface area contributed by atoms with Crippen molar-refractivity contribution in [2.24, 2.45) is 0 Å². The highest BCUT2D eigenvalue weighted by atomic mass is 35.5. The summed E-state index contributed by atoms with van der Waals surface area (Å²) in [5.74, 6) is -0.660. The molecule has 0 atom stereocenters. The number of nitrogens with one attached hydrogen (secondary N) is 1. The number of nitrogens with zero attached hydrogens (tertiary/aromatic N) is 1. The molecule has 0 bridgehead atoms. The van der Waals surface area contributed by atoms with Crippen LogP contribution in [-0.2, 0) is 22.6 Å². The summed E-state index contributed by atoms with van der Waals surface area (Å²) in [6.45, 7) is 2.22. The molecule has 0 unspecified atom stereocenters. The second-order valence-electron chi connectivity index (χ2n) is 5.69. The van der Waals surface area contributed by atoms with Gasteiger partial charge in [-0.3, -0.25) is 9.59 Å². The number of amides is 2. The lowest BCUT2D eigenvalue weighted by Gasteiger charge is -2.21.